The van der Waals surface area contributed by atoms with Crippen LogP contribution in [-0.2, 0) is 13.0 Å². The first-order chi connectivity index (χ1) is 10.2. The van der Waals surface area contributed by atoms with Gasteiger partial charge in [0.15, 0.2) is 0 Å². The Morgan fingerprint density at radius 2 is 1.86 bits per heavy atom. The minimum atomic E-state index is 0.658. The van der Waals surface area contributed by atoms with Crippen molar-refractivity contribution in [1.29, 1.82) is 0 Å². The highest BCUT2D eigenvalue weighted by molar-refractivity contribution is 14.1. The molecule has 3 rings (SSSR count). The summed E-state index contributed by atoms with van der Waals surface area (Å²) in [4.78, 5) is 0. The summed E-state index contributed by atoms with van der Waals surface area (Å²) >= 11 is 8.48. The molecule has 0 bridgehead atoms. The fourth-order valence-electron chi connectivity index (χ4n) is 2.61. The number of rotatable bonds is 4. The van der Waals surface area contributed by atoms with Crippen molar-refractivity contribution >= 4 is 45.1 Å². The second-order valence-corrected chi connectivity index (χ2v) is 6.79. The van der Waals surface area contributed by atoms with E-state index < -0.39 is 0 Å². The van der Waals surface area contributed by atoms with E-state index in [2.05, 4.69) is 63.7 Å². The van der Waals surface area contributed by atoms with Gasteiger partial charge in [-0.25, -0.2) is 0 Å². The third kappa shape index (κ3) is 3.25. The quantitative estimate of drug-likeness (QED) is 0.633. The van der Waals surface area contributed by atoms with Gasteiger partial charge in [0.1, 0.15) is 0 Å². The van der Waals surface area contributed by atoms with Gasteiger partial charge in [0.05, 0.1) is 5.52 Å². The Bertz CT molecular complexity index is 762. The Morgan fingerprint density at radius 1 is 1.10 bits per heavy atom. The Balaban J connectivity index is 2.04. The zero-order valence-electron chi connectivity index (χ0n) is 11.5. The zero-order valence-corrected chi connectivity index (χ0v) is 14.4. The summed E-state index contributed by atoms with van der Waals surface area (Å²) in [7, 11) is 0. The maximum absolute atomic E-state index is 6.16. The van der Waals surface area contributed by atoms with E-state index in [0.29, 0.717) is 6.54 Å². The van der Waals surface area contributed by atoms with Crippen LogP contribution in [0.4, 0.5) is 0 Å². The normalized spacial score (nSPS) is 11.2. The molecule has 0 atom stereocenters. The molecule has 0 unspecified atom stereocenters. The van der Waals surface area contributed by atoms with E-state index in [1.165, 1.54) is 25.6 Å². The number of benzene rings is 2. The molecule has 0 spiro atoms. The Morgan fingerprint density at radius 3 is 2.57 bits per heavy atom. The summed E-state index contributed by atoms with van der Waals surface area (Å²) in [6.07, 6.45) is 3.09. The minimum absolute atomic E-state index is 0.658. The number of hydrogen-bond donors (Lipinski definition) is 1. The molecular formula is C17H16ClIN2. The monoisotopic (exact) mass is 410 g/mol. The minimum Gasteiger partial charge on any atom is -0.343 e. The first-order valence-corrected chi connectivity index (χ1v) is 8.35. The first kappa shape index (κ1) is 14.9. The summed E-state index contributed by atoms with van der Waals surface area (Å²) in [6, 6.07) is 14.7. The van der Waals surface area contributed by atoms with E-state index in [1.807, 2.05) is 12.1 Å². The second-order valence-electron chi connectivity index (χ2n) is 5.11. The fourth-order valence-corrected chi connectivity index (χ4v) is 3.14. The molecule has 2 aromatic carbocycles. The molecule has 0 fully saturated rings. The third-order valence-corrected chi connectivity index (χ3v) is 4.56. The van der Waals surface area contributed by atoms with E-state index in [4.69, 9.17) is 17.3 Å². The van der Waals surface area contributed by atoms with Gasteiger partial charge < -0.3 is 10.3 Å². The van der Waals surface area contributed by atoms with Gasteiger partial charge in [-0.2, -0.15) is 0 Å². The lowest BCUT2D eigenvalue weighted by molar-refractivity contribution is 0.827. The molecule has 0 aliphatic rings. The van der Waals surface area contributed by atoms with E-state index >= 15 is 0 Å². The topological polar surface area (TPSA) is 30.9 Å². The van der Waals surface area contributed by atoms with Crippen molar-refractivity contribution in [3.63, 3.8) is 0 Å². The van der Waals surface area contributed by atoms with Gasteiger partial charge in [0.2, 0.25) is 0 Å². The molecule has 0 aliphatic carbocycles. The van der Waals surface area contributed by atoms with Crippen molar-refractivity contribution in [1.82, 2.24) is 4.57 Å². The molecule has 0 amide bonds. The summed E-state index contributed by atoms with van der Waals surface area (Å²) in [5.74, 6) is 0. The van der Waals surface area contributed by atoms with Crippen LogP contribution in [0.15, 0.2) is 48.7 Å². The number of fused-ring (bicyclic) bond motifs is 1. The number of nitrogens with two attached hydrogens (primary N) is 1. The molecule has 3 aromatic rings. The molecule has 108 valence electrons. The molecule has 4 heteroatoms. The molecule has 0 saturated carbocycles. The first-order valence-electron chi connectivity index (χ1n) is 6.89. The summed E-state index contributed by atoms with van der Waals surface area (Å²) < 4.78 is 3.51. The Kier molecular flexibility index (Phi) is 4.52. The van der Waals surface area contributed by atoms with E-state index in [9.17, 15) is 0 Å². The highest BCUT2D eigenvalue weighted by atomic mass is 127. The summed E-state index contributed by atoms with van der Waals surface area (Å²) in [5, 5.41) is 2.01. The fraction of sp³-hybridized carbons (Fsp3) is 0.176. The Labute approximate surface area is 143 Å². The number of aromatic nitrogens is 1. The van der Waals surface area contributed by atoms with Crippen LogP contribution >= 0.6 is 34.2 Å². The van der Waals surface area contributed by atoms with Gasteiger partial charge in [-0.1, -0.05) is 29.8 Å². The van der Waals surface area contributed by atoms with Crippen LogP contribution in [0.5, 0.6) is 0 Å². The molecule has 1 heterocycles. The van der Waals surface area contributed by atoms with Crippen LogP contribution in [0, 0.1) is 3.57 Å². The van der Waals surface area contributed by atoms with Crippen LogP contribution in [0.3, 0.4) is 0 Å². The third-order valence-electron chi connectivity index (χ3n) is 3.61. The lowest BCUT2D eigenvalue weighted by Crippen LogP contribution is -2.02. The van der Waals surface area contributed by atoms with Crippen LogP contribution in [0.1, 0.15) is 11.1 Å². The van der Waals surface area contributed by atoms with Crippen LogP contribution in [0.2, 0.25) is 5.02 Å². The van der Waals surface area contributed by atoms with E-state index in [1.54, 1.807) is 0 Å². The standard InChI is InChI=1S/C17H16ClIN2/c18-14-3-6-16-13(7-8-20)11-21(17(16)9-14)10-12-1-4-15(19)5-2-12/h1-6,9,11H,7-8,10,20H2. The average molecular weight is 411 g/mol. The van der Waals surface area contributed by atoms with Crippen LogP contribution < -0.4 is 5.73 Å². The lowest BCUT2D eigenvalue weighted by Gasteiger charge is -2.06. The SMILES string of the molecule is NCCc1cn(Cc2ccc(I)cc2)c2cc(Cl)ccc12. The van der Waals surface area contributed by atoms with Crippen LogP contribution in [0.25, 0.3) is 10.9 Å². The predicted molar refractivity (Wildman–Crippen MR) is 98.0 cm³/mol. The summed E-state index contributed by atoms with van der Waals surface area (Å²) in [6.45, 7) is 1.50. The number of nitrogens with zero attached hydrogens (tertiary/aromatic N) is 1. The average Bonchev–Trinajstić information content (AvgIpc) is 2.79. The molecule has 21 heavy (non-hydrogen) atoms. The van der Waals surface area contributed by atoms with E-state index in [-0.39, 0.29) is 0 Å². The maximum atomic E-state index is 6.16. The molecular weight excluding hydrogens is 395 g/mol. The van der Waals surface area contributed by atoms with Crippen molar-refractivity contribution in [3.05, 3.63) is 68.4 Å². The van der Waals surface area contributed by atoms with E-state index in [0.717, 1.165) is 18.0 Å². The highest BCUT2D eigenvalue weighted by Crippen LogP contribution is 2.26. The van der Waals surface area contributed by atoms with Gasteiger partial charge in [0, 0.05) is 26.7 Å². The molecule has 0 saturated heterocycles. The lowest BCUT2D eigenvalue weighted by atomic mass is 10.1. The largest absolute Gasteiger partial charge is 0.343 e. The zero-order chi connectivity index (χ0) is 14.8. The molecule has 2 N–H and O–H groups in total. The van der Waals surface area contributed by atoms with Gasteiger partial charge >= 0.3 is 0 Å². The van der Waals surface area contributed by atoms with Gasteiger partial charge in [-0.3, -0.25) is 0 Å². The predicted octanol–water partition coefficient (Wildman–Crippen LogP) is 4.45. The summed E-state index contributed by atoms with van der Waals surface area (Å²) in [5.41, 5.74) is 9.47. The number of hydrogen-bond acceptors (Lipinski definition) is 1. The molecule has 1 aromatic heterocycles. The second kappa shape index (κ2) is 6.38. The van der Waals surface area contributed by atoms with Crippen molar-refractivity contribution < 1.29 is 0 Å². The van der Waals surface area contributed by atoms with Crippen molar-refractivity contribution in [2.75, 3.05) is 6.54 Å². The Hall–Kier alpha value is -1.04. The molecule has 0 radical (unpaired) electrons. The van der Waals surface area contributed by atoms with Crippen LogP contribution in [-0.4, -0.2) is 11.1 Å². The van der Waals surface area contributed by atoms with Crippen molar-refractivity contribution in [2.24, 2.45) is 5.73 Å². The number of halogens is 2. The highest BCUT2D eigenvalue weighted by Gasteiger charge is 2.09. The smallest absolute Gasteiger partial charge is 0.0501 e. The van der Waals surface area contributed by atoms with Gasteiger partial charge in [-0.05, 0) is 70.9 Å². The maximum Gasteiger partial charge on any atom is 0.0501 e. The molecule has 0 aliphatic heterocycles. The van der Waals surface area contributed by atoms with Crippen molar-refractivity contribution in [2.45, 2.75) is 13.0 Å². The van der Waals surface area contributed by atoms with Gasteiger partial charge in [-0.15, -0.1) is 0 Å². The van der Waals surface area contributed by atoms with Crippen molar-refractivity contribution in [3.8, 4) is 0 Å². The van der Waals surface area contributed by atoms with Gasteiger partial charge in [0.25, 0.3) is 0 Å². The molecule has 2 nitrogen and oxygen atoms in total.